The molecular formula is C31H26ClN5O9. The number of methoxy groups -OCH3 is 1. The van der Waals surface area contributed by atoms with Crippen molar-refractivity contribution in [2.75, 3.05) is 40.3 Å². The number of hydrogen-bond acceptors (Lipinski definition) is 12. The third-order valence-electron chi connectivity index (χ3n) is 9.32. The SMILES string of the molecule is COc1cc(=O)c2c(=O)c3c(c(=O)c=2c1=O)=C(O)[C@]1(CCc2c1c(O)c1c(=O)[nH]c(CN=NN4CCN(C)CC4)cc1c2Cl)C=3O. The van der Waals surface area contributed by atoms with Crippen LogP contribution in [-0.2, 0) is 18.4 Å². The first-order valence-electron chi connectivity index (χ1n) is 14.4. The van der Waals surface area contributed by atoms with Crippen LogP contribution in [0, 0.1) is 10.4 Å². The van der Waals surface area contributed by atoms with Gasteiger partial charge in [-0.25, -0.2) is 0 Å². The topological polar surface area (TPSA) is 202 Å². The number of fused-ring (bicyclic) bond motifs is 4. The van der Waals surface area contributed by atoms with Crippen LogP contribution in [0.3, 0.4) is 0 Å². The molecule has 1 atom stereocenters. The van der Waals surface area contributed by atoms with Gasteiger partial charge in [0.25, 0.3) is 5.56 Å². The van der Waals surface area contributed by atoms with E-state index in [9.17, 15) is 39.3 Å². The van der Waals surface area contributed by atoms with E-state index in [1.54, 1.807) is 6.07 Å². The minimum Gasteiger partial charge on any atom is -0.510 e. The van der Waals surface area contributed by atoms with Crippen molar-refractivity contribution in [3.8, 4) is 11.5 Å². The lowest BCUT2D eigenvalue weighted by molar-refractivity contribution is 0.148. The van der Waals surface area contributed by atoms with Crippen LogP contribution in [0.15, 0.2) is 46.4 Å². The first-order valence-corrected chi connectivity index (χ1v) is 14.8. The monoisotopic (exact) mass is 647 g/mol. The van der Waals surface area contributed by atoms with Crippen molar-refractivity contribution < 1.29 is 20.1 Å². The van der Waals surface area contributed by atoms with Crippen LogP contribution in [0.5, 0.6) is 11.5 Å². The zero-order valence-electron chi connectivity index (χ0n) is 24.6. The number of phenols is 1. The van der Waals surface area contributed by atoms with Crippen LogP contribution in [0.25, 0.3) is 22.3 Å². The number of nitrogens with zero attached hydrogens (tertiary/aromatic N) is 4. The number of benzene rings is 1. The van der Waals surface area contributed by atoms with E-state index in [4.69, 9.17) is 16.3 Å². The number of likely N-dealkylation sites (N-methyl/N-ethyl adjacent to an activating group) is 1. The van der Waals surface area contributed by atoms with E-state index in [0.29, 0.717) is 18.8 Å². The minimum absolute atomic E-state index is 0.0222. The highest BCUT2D eigenvalue weighted by Gasteiger charge is 2.53. The molecule has 4 N–H and O–H groups in total. The number of ether oxygens (including phenoxy) is 1. The number of hydrogen-bond donors (Lipinski definition) is 4. The lowest BCUT2D eigenvalue weighted by Gasteiger charge is -2.29. The number of aliphatic hydroxyl groups excluding tert-OH is 2. The average Bonchev–Trinajstić information content (AvgIpc) is 3.54. The van der Waals surface area contributed by atoms with Gasteiger partial charge >= 0.3 is 0 Å². The second-order valence-electron chi connectivity index (χ2n) is 11.7. The Bertz CT molecular complexity index is 2530. The highest BCUT2D eigenvalue weighted by molar-refractivity contribution is 6.37. The molecule has 46 heavy (non-hydrogen) atoms. The lowest BCUT2D eigenvalue weighted by Crippen LogP contribution is -2.51. The molecule has 5 aliphatic rings. The maximum absolute atomic E-state index is 13.7. The summed E-state index contributed by atoms with van der Waals surface area (Å²) < 4.78 is 4.91. The van der Waals surface area contributed by atoms with Crippen molar-refractivity contribution >= 4 is 33.9 Å². The maximum Gasteiger partial charge on any atom is 0.259 e. The fourth-order valence-corrected chi connectivity index (χ4v) is 7.35. The summed E-state index contributed by atoms with van der Waals surface area (Å²) in [6, 6.07) is 2.33. The number of aromatic hydroxyl groups is 1. The molecule has 2 aromatic rings. The molecular weight excluding hydrogens is 622 g/mol. The van der Waals surface area contributed by atoms with E-state index >= 15 is 0 Å². The number of aromatic nitrogens is 1. The number of rotatable bonds is 4. The molecule has 4 aliphatic carbocycles. The summed E-state index contributed by atoms with van der Waals surface area (Å²) in [5, 5.41) is 42.3. The number of H-pyrrole nitrogens is 1. The highest BCUT2D eigenvalue weighted by Crippen LogP contribution is 2.56. The van der Waals surface area contributed by atoms with Gasteiger partial charge in [-0.15, -0.1) is 0 Å². The van der Waals surface area contributed by atoms with Crippen LogP contribution in [-0.4, -0.2) is 70.5 Å². The van der Waals surface area contributed by atoms with Crippen molar-refractivity contribution in [1.29, 1.82) is 0 Å². The number of piperazine rings is 1. The zero-order chi connectivity index (χ0) is 32.8. The van der Waals surface area contributed by atoms with Gasteiger partial charge in [-0.1, -0.05) is 16.8 Å². The molecule has 14 nitrogen and oxygen atoms in total. The first kappa shape index (κ1) is 29.6. The molecule has 1 aliphatic heterocycles. The summed E-state index contributed by atoms with van der Waals surface area (Å²) >= 11 is 6.83. The Morgan fingerprint density at radius 3 is 2.24 bits per heavy atom. The van der Waals surface area contributed by atoms with Gasteiger partial charge in [0.05, 0.1) is 51.5 Å². The number of aliphatic hydroxyl groups is 2. The summed E-state index contributed by atoms with van der Waals surface area (Å²) in [4.78, 5) is 71.3. The Balaban J connectivity index is 1.43. The van der Waals surface area contributed by atoms with Gasteiger partial charge in [-0.05, 0) is 31.5 Å². The Morgan fingerprint density at radius 1 is 0.935 bits per heavy atom. The zero-order valence-corrected chi connectivity index (χ0v) is 25.3. The third kappa shape index (κ3) is 3.83. The van der Waals surface area contributed by atoms with Crippen LogP contribution >= 0.6 is 11.6 Å². The predicted molar refractivity (Wildman–Crippen MR) is 166 cm³/mol. The summed E-state index contributed by atoms with van der Waals surface area (Å²) in [7, 11) is 3.14. The summed E-state index contributed by atoms with van der Waals surface area (Å²) in [6.07, 6.45) is -0.102. The molecule has 1 fully saturated rings. The lowest BCUT2D eigenvalue weighted by atomic mass is 9.78. The Hall–Kier alpha value is -5.08. The number of phenolic OH excluding ortho intramolecular Hbond substituents is 1. The van der Waals surface area contributed by atoms with Gasteiger partial charge < -0.3 is 29.9 Å². The normalized spacial score (nSPS) is 19.7. The molecule has 2 heterocycles. The highest BCUT2D eigenvalue weighted by atomic mass is 35.5. The Morgan fingerprint density at radius 2 is 1.59 bits per heavy atom. The summed E-state index contributed by atoms with van der Waals surface area (Å²) in [6.45, 7) is 3.13. The van der Waals surface area contributed by atoms with Crippen LogP contribution in [0.4, 0.5) is 0 Å². The molecule has 0 unspecified atom stereocenters. The number of aromatic amines is 1. The second-order valence-corrected chi connectivity index (χ2v) is 12.1. The summed E-state index contributed by atoms with van der Waals surface area (Å²) in [5.74, 6) is -2.69. The fraction of sp³-hybridized carbons (Fsp3) is 0.323. The molecule has 236 valence electrons. The van der Waals surface area contributed by atoms with Gasteiger partial charge in [0.1, 0.15) is 29.2 Å². The van der Waals surface area contributed by atoms with E-state index in [1.807, 2.05) is 12.1 Å². The molecule has 0 saturated carbocycles. The van der Waals surface area contributed by atoms with E-state index in [1.165, 1.54) is 0 Å². The van der Waals surface area contributed by atoms with Crippen molar-refractivity contribution in [2.45, 2.75) is 24.8 Å². The average molecular weight is 648 g/mol. The molecule has 0 amide bonds. The van der Waals surface area contributed by atoms with E-state index in [2.05, 4.69) is 20.2 Å². The van der Waals surface area contributed by atoms with Gasteiger partial charge in [0, 0.05) is 35.8 Å². The Kier molecular flexibility index (Phi) is 6.58. The molecule has 0 radical (unpaired) electrons. The molecule has 7 rings (SSSR count). The van der Waals surface area contributed by atoms with Crippen LogP contribution < -0.4 is 42.4 Å². The maximum atomic E-state index is 13.7. The van der Waals surface area contributed by atoms with Crippen molar-refractivity contribution in [3.05, 3.63) is 106 Å². The molecule has 1 aromatic carbocycles. The van der Waals surface area contributed by atoms with Crippen molar-refractivity contribution in [1.82, 2.24) is 14.9 Å². The largest absolute Gasteiger partial charge is 0.510 e. The molecule has 15 heteroatoms. The number of halogens is 1. The first-order chi connectivity index (χ1) is 21.9. The molecule has 1 saturated heterocycles. The predicted octanol–water partition coefficient (Wildman–Crippen LogP) is -0.718. The third-order valence-corrected chi connectivity index (χ3v) is 9.75. The van der Waals surface area contributed by atoms with Gasteiger partial charge in [0.2, 0.25) is 16.3 Å². The van der Waals surface area contributed by atoms with E-state index in [-0.39, 0.29) is 46.3 Å². The fourth-order valence-electron chi connectivity index (χ4n) is 7.01. The Labute approximate surface area is 261 Å². The van der Waals surface area contributed by atoms with E-state index in [0.717, 1.165) is 26.3 Å². The quantitative estimate of drug-likeness (QED) is 0.204. The van der Waals surface area contributed by atoms with E-state index < -0.39 is 76.6 Å². The smallest absolute Gasteiger partial charge is 0.259 e. The molecule has 1 aromatic heterocycles. The van der Waals surface area contributed by atoms with Gasteiger partial charge in [0.15, 0.2) is 11.2 Å². The van der Waals surface area contributed by atoms with Gasteiger partial charge in [-0.2, -0.15) is 5.11 Å². The van der Waals surface area contributed by atoms with Crippen LogP contribution in [0.1, 0.15) is 23.2 Å². The number of pyridine rings is 1. The van der Waals surface area contributed by atoms with Crippen molar-refractivity contribution in [2.24, 2.45) is 10.3 Å². The second kappa shape index (κ2) is 10.2. The molecule has 0 bridgehead atoms. The van der Waals surface area contributed by atoms with Crippen molar-refractivity contribution in [3.63, 3.8) is 0 Å². The van der Waals surface area contributed by atoms with Gasteiger partial charge in [-0.3, -0.25) is 29.0 Å². The minimum atomic E-state index is -2.05. The molecule has 1 spiro atoms. The summed E-state index contributed by atoms with van der Waals surface area (Å²) in [5.41, 5.74) is -6.58. The number of nitrogens with one attached hydrogen (secondary N) is 1. The standard InChI is InChI=1S/C31H26ClN5O9/c1-36-5-7-37(8-6-36)35-33-11-12-9-14-17(30(45)34-12)27(42)22-13(23(14)32)3-4-31(22)28(43)20-21(29(31)44)26(41)19-18(25(20)40)15(38)10-16(46-2)24(19)39/h9-10,42-44H,3-8,11H2,1-2H3,(H,34,45)/t31-/m0/s1. The van der Waals surface area contributed by atoms with Crippen LogP contribution in [0.2, 0.25) is 5.02 Å².